The zero-order valence-corrected chi connectivity index (χ0v) is 11.2. The lowest BCUT2D eigenvalue weighted by atomic mass is 10.1. The predicted octanol–water partition coefficient (Wildman–Crippen LogP) is 0.937. The van der Waals surface area contributed by atoms with Crippen molar-refractivity contribution in [2.75, 3.05) is 39.4 Å². The molecule has 0 bridgehead atoms. The van der Waals surface area contributed by atoms with Crippen LogP contribution in [0.4, 0.5) is 0 Å². The molecule has 98 valence electrons. The molecule has 0 aliphatic carbocycles. The van der Waals surface area contributed by atoms with E-state index in [2.05, 4.69) is 4.90 Å². The Labute approximate surface area is 108 Å². The second-order valence-electron chi connectivity index (χ2n) is 4.82. The van der Waals surface area contributed by atoms with Crippen LogP contribution in [0.5, 0.6) is 0 Å². The highest BCUT2D eigenvalue weighted by molar-refractivity contribution is 6.30. The van der Waals surface area contributed by atoms with Crippen molar-refractivity contribution in [2.45, 2.75) is 31.2 Å². The number of alkyl halides is 1. The first kappa shape index (κ1) is 13.1. The van der Waals surface area contributed by atoms with E-state index in [0.717, 1.165) is 52.2 Å². The molecule has 0 aromatic rings. The molecule has 0 radical (unpaired) electrons. The van der Waals surface area contributed by atoms with Gasteiger partial charge in [-0.15, -0.1) is 11.6 Å². The molecule has 2 saturated heterocycles. The van der Waals surface area contributed by atoms with E-state index in [1.54, 1.807) is 6.92 Å². The smallest absolute Gasteiger partial charge is 0.240 e. The van der Waals surface area contributed by atoms with Crippen molar-refractivity contribution in [1.82, 2.24) is 9.80 Å². The Bertz CT molecular complexity index is 259. The van der Waals surface area contributed by atoms with Gasteiger partial charge in [-0.25, -0.2) is 0 Å². The van der Waals surface area contributed by atoms with Crippen molar-refractivity contribution in [3.63, 3.8) is 0 Å². The SMILES string of the molecule is CC(Cl)C(=O)N1CCN(C2CCOCC2)CC1. The second-order valence-corrected chi connectivity index (χ2v) is 5.48. The number of nitrogens with zero attached hydrogens (tertiary/aromatic N) is 2. The second kappa shape index (κ2) is 6.03. The van der Waals surface area contributed by atoms with Gasteiger partial charge >= 0.3 is 0 Å². The molecule has 1 atom stereocenters. The van der Waals surface area contributed by atoms with Gasteiger partial charge in [-0.2, -0.15) is 0 Å². The topological polar surface area (TPSA) is 32.8 Å². The fraction of sp³-hybridized carbons (Fsp3) is 0.917. The van der Waals surface area contributed by atoms with Gasteiger partial charge in [-0.05, 0) is 19.8 Å². The van der Waals surface area contributed by atoms with Gasteiger partial charge in [0.15, 0.2) is 0 Å². The Kier molecular flexibility index (Phi) is 4.65. The monoisotopic (exact) mass is 260 g/mol. The number of halogens is 1. The maximum Gasteiger partial charge on any atom is 0.240 e. The van der Waals surface area contributed by atoms with Crippen molar-refractivity contribution >= 4 is 17.5 Å². The average molecular weight is 261 g/mol. The maximum atomic E-state index is 11.7. The molecule has 0 saturated carbocycles. The van der Waals surface area contributed by atoms with E-state index in [4.69, 9.17) is 16.3 Å². The van der Waals surface area contributed by atoms with Gasteiger partial charge in [0.05, 0.1) is 0 Å². The third-order valence-electron chi connectivity index (χ3n) is 3.67. The number of carbonyl (C=O) groups excluding carboxylic acids is 1. The molecule has 17 heavy (non-hydrogen) atoms. The Morgan fingerprint density at radius 2 is 1.82 bits per heavy atom. The van der Waals surface area contributed by atoms with Crippen LogP contribution >= 0.6 is 11.6 Å². The number of amides is 1. The molecule has 1 amide bonds. The molecule has 0 aromatic carbocycles. The average Bonchev–Trinajstić information content (AvgIpc) is 2.39. The van der Waals surface area contributed by atoms with Crippen LogP contribution in [-0.2, 0) is 9.53 Å². The number of carbonyl (C=O) groups is 1. The maximum absolute atomic E-state index is 11.7. The van der Waals surface area contributed by atoms with Crippen LogP contribution in [0.3, 0.4) is 0 Å². The zero-order chi connectivity index (χ0) is 12.3. The van der Waals surface area contributed by atoms with Crippen molar-refractivity contribution in [1.29, 1.82) is 0 Å². The summed E-state index contributed by atoms with van der Waals surface area (Å²) in [4.78, 5) is 16.1. The van der Waals surface area contributed by atoms with Gasteiger partial charge < -0.3 is 9.64 Å². The summed E-state index contributed by atoms with van der Waals surface area (Å²) in [5, 5.41) is -0.398. The molecular weight excluding hydrogens is 240 g/mol. The standard InChI is InChI=1S/C12H21ClN2O2/c1-10(13)12(16)15-6-4-14(5-7-15)11-2-8-17-9-3-11/h10-11H,2-9H2,1H3. The molecule has 0 N–H and O–H groups in total. The summed E-state index contributed by atoms with van der Waals surface area (Å²) in [5.74, 6) is 0.0679. The Hall–Kier alpha value is -0.320. The summed E-state index contributed by atoms with van der Waals surface area (Å²) in [6, 6.07) is 0.648. The molecule has 2 rings (SSSR count). The van der Waals surface area contributed by atoms with E-state index >= 15 is 0 Å². The van der Waals surface area contributed by atoms with Crippen LogP contribution < -0.4 is 0 Å². The van der Waals surface area contributed by atoms with Crippen LogP contribution in [0.15, 0.2) is 0 Å². The Balaban J connectivity index is 1.79. The number of ether oxygens (including phenoxy) is 1. The Morgan fingerprint density at radius 1 is 1.24 bits per heavy atom. The van der Waals surface area contributed by atoms with Crippen molar-refractivity contribution in [2.24, 2.45) is 0 Å². The first-order valence-corrected chi connectivity index (χ1v) is 6.87. The first-order valence-electron chi connectivity index (χ1n) is 6.43. The van der Waals surface area contributed by atoms with Gasteiger partial charge in [0.1, 0.15) is 5.38 Å². The van der Waals surface area contributed by atoms with Crippen LogP contribution in [-0.4, -0.2) is 66.5 Å². The molecule has 2 fully saturated rings. The number of rotatable bonds is 2. The molecule has 5 heteroatoms. The molecule has 2 aliphatic heterocycles. The van der Waals surface area contributed by atoms with Crippen LogP contribution in [0.1, 0.15) is 19.8 Å². The highest BCUT2D eigenvalue weighted by Gasteiger charge is 2.28. The van der Waals surface area contributed by atoms with Crippen LogP contribution in [0.25, 0.3) is 0 Å². The van der Waals surface area contributed by atoms with E-state index in [0.29, 0.717) is 6.04 Å². The lowest BCUT2D eigenvalue weighted by Gasteiger charge is -2.40. The highest BCUT2D eigenvalue weighted by atomic mass is 35.5. The third-order valence-corrected chi connectivity index (χ3v) is 3.86. The van der Waals surface area contributed by atoms with Gasteiger partial charge in [0, 0.05) is 45.4 Å². The Morgan fingerprint density at radius 3 is 2.35 bits per heavy atom. The predicted molar refractivity (Wildman–Crippen MR) is 67.3 cm³/mol. The minimum absolute atomic E-state index is 0.0679. The van der Waals surface area contributed by atoms with E-state index < -0.39 is 5.38 Å². The molecule has 0 spiro atoms. The van der Waals surface area contributed by atoms with Crippen molar-refractivity contribution in [3.8, 4) is 0 Å². The molecule has 0 aromatic heterocycles. The fourth-order valence-electron chi connectivity index (χ4n) is 2.61. The molecular formula is C12H21ClN2O2. The minimum atomic E-state index is -0.398. The molecule has 2 aliphatic rings. The van der Waals surface area contributed by atoms with E-state index in [1.165, 1.54) is 0 Å². The summed E-state index contributed by atoms with van der Waals surface area (Å²) < 4.78 is 5.37. The first-order chi connectivity index (χ1) is 8.18. The van der Waals surface area contributed by atoms with Crippen LogP contribution in [0, 0.1) is 0 Å². The largest absolute Gasteiger partial charge is 0.381 e. The lowest BCUT2D eigenvalue weighted by molar-refractivity contribution is -0.132. The summed E-state index contributed by atoms with van der Waals surface area (Å²) in [6.45, 7) is 7.07. The zero-order valence-electron chi connectivity index (χ0n) is 10.4. The van der Waals surface area contributed by atoms with Crippen molar-refractivity contribution in [3.05, 3.63) is 0 Å². The number of hydrogen-bond donors (Lipinski definition) is 0. The molecule has 4 nitrogen and oxygen atoms in total. The summed E-state index contributed by atoms with van der Waals surface area (Å²) in [7, 11) is 0. The van der Waals surface area contributed by atoms with Gasteiger partial charge in [0.2, 0.25) is 5.91 Å². The van der Waals surface area contributed by atoms with Gasteiger partial charge in [0.25, 0.3) is 0 Å². The summed E-state index contributed by atoms with van der Waals surface area (Å²) in [6.07, 6.45) is 2.25. The number of piperazine rings is 1. The minimum Gasteiger partial charge on any atom is -0.381 e. The van der Waals surface area contributed by atoms with Gasteiger partial charge in [-0.1, -0.05) is 0 Å². The lowest BCUT2D eigenvalue weighted by Crippen LogP contribution is -2.54. The summed E-state index contributed by atoms with van der Waals surface area (Å²) >= 11 is 5.83. The normalized spacial score (nSPS) is 25.9. The van der Waals surface area contributed by atoms with Crippen LogP contribution in [0.2, 0.25) is 0 Å². The van der Waals surface area contributed by atoms with E-state index in [9.17, 15) is 4.79 Å². The van der Waals surface area contributed by atoms with Crippen molar-refractivity contribution < 1.29 is 9.53 Å². The quantitative estimate of drug-likeness (QED) is 0.693. The number of hydrogen-bond acceptors (Lipinski definition) is 3. The molecule has 2 heterocycles. The van der Waals surface area contributed by atoms with Gasteiger partial charge in [-0.3, -0.25) is 9.69 Å². The summed E-state index contributed by atoms with van der Waals surface area (Å²) in [5.41, 5.74) is 0. The highest BCUT2D eigenvalue weighted by Crippen LogP contribution is 2.17. The molecule has 1 unspecified atom stereocenters. The van der Waals surface area contributed by atoms with E-state index in [-0.39, 0.29) is 5.91 Å². The third kappa shape index (κ3) is 3.33. The fourth-order valence-corrected chi connectivity index (χ4v) is 2.75. The van der Waals surface area contributed by atoms with E-state index in [1.807, 2.05) is 4.90 Å².